The molecule has 144 valence electrons. The first kappa shape index (κ1) is 20.5. The molecule has 2 aromatic rings. The molecular weight excluding hydrogens is 370 g/mol. The Morgan fingerprint density at radius 1 is 1.26 bits per heavy atom. The van der Waals surface area contributed by atoms with E-state index in [1.165, 1.54) is 11.8 Å². The molecule has 1 aromatic carbocycles. The first-order chi connectivity index (χ1) is 12.9. The predicted molar refractivity (Wildman–Crippen MR) is 101 cm³/mol. The van der Waals surface area contributed by atoms with E-state index < -0.39 is 12.0 Å². The molecule has 0 radical (unpaired) electrons. The van der Waals surface area contributed by atoms with Gasteiger partial charge in [-0.1, -0.05) is 35.5 Å². The summed E-state index contributed by atoms with van der Waals surface area (Å²) < 4.78 is 4.86. The zero-order chi connectivity index (χ0) is 19.8. The number of anilines is 1. The van der Waals surface area contributed by atoms with Crippen LogP contribution in [0.3, 0.4) is 0 Å². The first-order valence-corrected chi connectivity index (χ1v) is 9.39. The van der Waals surface area contributed by atoms with Gasteiger partial charge in [0.15, 0.2) is 5.82 Å². The zero-order valence-electron chi connectivity index (χ0n) is 15.0. The summed E-state index contributed by atoms with van der Waals surface area (Å²) in [5.74, 6) is -0.815. The number of benzene rings is 1. The fourth-order valence-corrected chi connectivity index (χ4v) is 2.97. The minimum absolute atomic E-state index is 0.00425. The van der Waals surface area contributed by atoms with Gasteiger partial charge in [-0.05, 0) is 19.4 Å². The van der Waals surface area contributed by atoms with Gasteiger partial charge < -0.3 is 19.8 Å². The van der Waals surface area contributed by atoms with Crippen molar-refractivity contribution in [2.75, 3.05) is 16.8 Å². The maximum absolute atomic E-state index is 12.5. The monoisotopic (exact) mass is 391 g/mol. The van der Waals surface area contributed by atoms with Crippen LogP contribution in [0.25, 0.3) is 0 Å². The van der Waals surface area contributed by atoms with Crippen molar-refractivity contribution in [1.82, 2.24) is 10.1 Å². The largest absolute Gasteiger partial charge is 0.480 e. The number of nitrogens with one attached hydrogen (secondary N) is 1. The predicted octanol–water partition coefficient (Wildman–Crippen LogP) is 2.16. The van der Waals surface area contributed by atoms with Crippen molar-refractivity contribution in [1.29, 1.82) is 0 Å². The van der Waals surface area contributed by atoms with Crippen molar-refractivity contribution in [3.63, 3.8) is 0 Å². The summed E-state index contributed by atoms with van der Waals surface area (Å²) in [4.78, 5) is 37.0. The summed E-state index contributed by atoms with van der Waals surface area (Å²) in [7, 11) is 0. The van der Waals surface area contributed by atoms with Crippen LogP contribution in [0.15, 0.2) is 40.9 Å². The standard InChI is InChI=1S/C18H21N3O5S/c1-12-8-15(20-26-12)19-16(22)10-27-11-17(23)21(13(2)18(24)25)9-14-6-4-3-5-7-14/h3-8,13H,9-11H2,1-2H3,(H,24,25)(H,19,20,22). The Bertz CT molecular complexity index is 793. The average molecular weight is 391 g/mol. The van der Waals surface area contributed by atoms with E-state index in [0.717, 1.165) is 17.3 Å². The summed E-state index contributed by atoms with van der Waals surface area (Å²) in [6, 6.07) is 9.78. The number of rotatable bonds is 9. The molecule has 0 spiro atoms. The number of thioether (sulfide) groups is 1. The zero-order valence-corrected chi connectivity index (χ0v) is 15.9. The van der Waals surface area contributed by atoms with E-state index in [4.69, 9.17) is 4.52 Å². The molecule has 2 rings (SSSR count). The number of carbonyl (C=O) groups is 3. The fourth-order valence-electron chi connectivity index (χ4n) is 2.27. The number of nitrogens with zero attached hydrogens (tertiary/aromatic N) is 2. The quantitative estimate of drug-likeness (QED) is 0.673. The number of carboxylic acid groups (broad SMARTS) is 1. The van der Waals surface area contributed by atoms with Gasteiger partial charge in [-0.25, -0.2) is 4.79 Å². The van der Waals surface area contributed by atoms with Gasteiger partial charge in [-0.3, -0.25) is 9.59 Å². The minimum Gasteiger partial charge on any atom is -0.480 e. The molecule has 1 atom stereocenters. The van der Waals surface area contributed by atoms with Crippen LogP contribution in [0.2, 0.25) is 0 Å². The van der Waals surface area contributed by atoms with Crippen molar-refractivity contribution >= 4 is 35.4 Å². The van der Waals surface area contributed by atoms with Crippen LogP contribution in [-0.2, 0) is 20.9 Å². The molecule has 0 aliphatic rings. The van der Waals surface area contributed by atoms with E-state index in [1.54, 1.807) is 13.0 Å². The summed E-state index contributed by atoms with van der Waals surface area (Å²) in [6.45, 7) is 3.37. The molecule has 1 heterocycles. The summed E-state index contributed by atoms with van der Waals surface area (Å²) in [5, 5.41) is 15.5. The van der Waals surface area contributed by atoms with Gasteiger partial charge in [0.1, 0.15) is 11.8 Å². The van der Waals surface area contributed by atoms with Crippen molar-refractivity contribution in [2.45, 2.75) is 26.4 Å². The van der Waals surface area contributed by atoms with Crippen molar-refractivity contribution in [3.05, 3.63) is 47.7 Å². The van der Waals surface area contributed by atoms with Crippen LogP contribution in [0.5, 0.6) is 0 Å². The van der Waals surface area contributed by atoms with Gasteiger partial charge in [0.05, 0.1) is 11.5 Å². The number of aromatic nitrogens is 1. The molecule has 0 aliphatic heterocycles. The van der Waals surface area contributed by atoms with Gasteiger partial charge in [0.2, 0.25) is 11.8 Å². The van der Waals surface area contributed by atoms with Gasteiger partial charge in [0, 0.05) is 12.6 Å². The lowest BCUT2D eigenvalue weighted by molar-refractivity contribution is -0.148. The molecular formula is C18H21N3O5S. The Morgan fingerprint density at radius 3 is 2.56 bits per heavy atom. The lowest BCUT2D eigenvalue weighted by atomic mass is 10.2. The van der Waals surface area contributed by atoms with E-state index in [1.807, 2.05) is 30.3 Å². The molecule has 0 saturated carbocycles. The lowest BCUT2D eigenvalue weighted by Gasteiger charge is -2.26. The Kier molecular flexibility index (Phi) is 7.42. The van der Waals surface area contributed by atoms with E-state index in [-0.39, 0.29) is 29.9 Å². The third-order valence-electron chi connectivity index (χ3n) is 3.70. The number of hydrogen-bond acceptors (Lipinski definition) is 6. The minimum atomic E-state index is -1.08. The highest BCUT2D eigenvalue weighted by Gasteiger charge is 2.25. The van der Waals surface area contributed by atoms with E-state index in [0.29, 0.717) is 11.6 Å². The highest BCUT2D eigenvalue weighted by molar-refractivity contribution is 8.00. The van der Waals surface area contributed by atoms with Crippen LogP contribution in [0.4, 0.5) is 5.82 Å². The molecule has 27 heavy (non-hydrogen) atoms. The van der Waals surface area contributed by atoms with Crippen molar-refractivity contribution in [3.8, 4) is 0 Å². The molecule has 2 N–H and O–H groups in total. The van der Waals surface area contributed by atoms with Crippen LogP contribution < -0.4 is 5.32 Å². The maximum atomic E-state index is 12.5. The van der Waals surface area contributed by atoms with Gasteiger partial charge in [0.25, 0.3) is 0 Å². The summed E-state index contributed by atoms with van der Waals surface area (Å²) in [6.07, 6.45) is 0. The number of carbonyl (C=O) groups excluding carboxylic acids is 2. The molecule has 8 nitrogen and oxygen atoms in total. The first-order valence-electron chi connectivity index (χ1n) is 8.24. The molecule has 0 bridgehead atoms. The molecule has 0 aliphatic carbocycles. The SMILES string of the molecule is Cc1cc(NC(=O)CSCC(=O)N(Cc2ccccc2)C(C)C(=O)O)no1. The Morgan fingerprint density at radius 2 is 1.96 bits per heavy atom. The molecule has 0 fully saturated rings. The van der Waals surface area contributed by atoms with Crippen LogP contribution in [0, 0.1) is 6.92 Å². The van der Waals surface area contributed by atoms with Crippen molar-refractivity contribution < 1.29 is 24.0 Å². The van der Waals surface area contributed by atoms with Crippen LogP contribution in [-0.4, -0.2) is 50.5 Å². The maximum Gasteiger partial charge on any atom is 0.326 e. The van der Waals surface area contributed by atoms with E-state index in [9.17, 15) is 19.5 Å². The third kappa shape index (κ3) is 6.45. The summed E-state index contributed by atoms with van der Waals surface area (Å²) >= 11 is 1.11. The second-order valence-corrected chi connectivity index (χ2v) is 6.87. The molecule has 1 unspecified atom stereocenters. The van der Waals surface area contributed by atoms with Gasteiger partial charge >= 0.3 is 5.97 Å². The van der Waals surface area contributed by atoms with E-state index in [2.05, 4.69) is 10.5 Å². The Hall–Kier alpha value is -2.81. The smallest absolute Gasteiger partial charge is 0.326 e. The Balaban J connectivity index is 1.88. The second-order valence-electron chi connectivity index (χ2n) is 5.89. The topological polar surface area (TPSA) is 113 Å². The normalized spacial score (nSPS) is 11.6. The average Bonchev–Trinajstić information content (AvgIpc) is 3.04. The molecule has 1 aromatic heterocycles. The molecule has 0 saturated heterocycles. The van der Waals surface area contributed by atoms with Gasteiger partial charge in [-0.15, -0.1) is 11.8 Å². The fraction of sp³-hybridized carbons (Fsp3) is 0.333. The van der Waals surface area contributed by atoms with Crippen LogP contribution >= 0.6 is 11.8 Å². The number of hydrogen-bond donors (Lipinski definition) is 2. The Labute approximate surface area is 160 Å². The number of aliphatic carboxylic acids is 1. The number of aryl methyl sites for hydroxylation is 1. The van der Waals surface area contributed by atoms with Gasteiger partial charge in [-0.2, -0.15) is 0 Å². The van der Waals surface area contributed by atoms with E-state index >= 15 is 0 Å². The second kappa shape index (κ2) is 9.77. The highest BCUT2D eigenvalue weighted by atomic mass is 32.2. The number of amides is 2. The van der Waals surface area contributed by atoms with Crippen LogP contribution in [0.1, 0.15) is 18.2 Å². The molecule has 9 heteroatoms. The van der Waals surface area contributed by atoms with Crippen molar-refractivity contribution in [2.24, 2.45) is 0 Å². The summed E-state index contributed by atoms with van der Waals surface area (Å²) in [5.41, 5.74) is 0.836. The highest BCUT2D eigenvalue weighted by Crippen LogP contribution is 2.13. The third-order valence-corrected chi connectivity index (χ3v) is 4.61. The molecule has 2 amide bonds. The number of carboxylic acids is 1. The lowest BCUT2D eigenvalue weighted by Crippen LogP contribution is -2.43.